The van der Waals surface area contributed by atoms with Crippen molar-refractivity contribution in [3.8, 4) is 0 Å². The van der Waals surface area contributed by atoms with E-state index in [0.29, 0.717) is 5.00 Å². The van der Waals surface area contributed by atoms with Crippen LogP contribution in [0.3, 0.4) is 0 Å². The lowest BCUT2D eigenvalue weighted by Gasteiger charge is -2.16. The average molecular weight is 229 g/mol. The summed E-state index contributed by atoms with van der Waals surface area (Å²) in [5.74, 6) is 0.0821. The summed E-state index contributed by atoms with van der Waals surface area (Å²) in [6.07, 6.45) is 0.824. The van der Waals surface area contributed by atoms with Gasteiger partial charge in [-0.3, -0.25) is 4.79 Å². The van der Waals surface area contributed by atoms with E-state index in [4.69, 9.17) is 5.73 Å². The number of aryl methyl sites for hydroxylation is 1. The van der Waals surface area contributed by atoms with Crippen LogP contribution in [0.1, 0.15) is 32.6 Å². The maximum absolute atomic E-state index is 12.3. The van der Waals surface area contributed by atoms with Crippen molar-refractivity contribution in [2.45, 2.75) is 13.3 Å². The van der Waals surface area contributed by atoms with E-state index in [1.807, 2.05) is 30.5 Å². The van der Waals surface area contributed by atoms with E-state index < -0.39 is 0 Å². The van der Waals surface area contributed by atoms with E-state index in [1.165, 1.54) is 11.3 Å². The summed E-state index contributed by atoms with van der Waals surface area (Å²) in [6, 6.07) is 6.05. The minimum absolute atomic E-state index is 0.0821. The van der Waals surface area contributed by atoms with Gasteiger partial charge in [0.1, 0.15) is 0 Å². The minimum Gasteiger partial charge on any atom is -0.390 e. The molecule has 0 fully saturated rings. The number of thiophene rings is 1. The van der Waals surface area contributed by atoms with E-state index in [9.17, 15) is 4.79 Å². The van der Waals surface area contributed by atoms with Crippen LogP contribution in [0.2, 0.25) is 0 Å². The van der Waals surface area contributed by atoms with Crippen LogP contribution in [0.5, 0.6) is 0 Å². The molecule has 0 spiro atoms. The number of carbonyl (C=O) groups is 1. The highest BCUT2D eigenvalue weighted by molar-refractivity contribution is 7.14. The van der Waals surface area contributed by atoms with Crippen LogP contribution in [0, 0.1) is 6.92 Å². The number of ketones is 1. The van der Waals surface area contributed by atoms with Gasteiger partial charge in [-0.15, -0.1) is 11.3 Å². The zero-order valence-corrected chi connectivity index (χ0v) is 9.73. The van der Waals surface area contributed by atoms with Crippen LogP contribution in [0.25, 0.3) is 0 Å². The first-order chi connectivity index (χ1) is 7.66. The van der Waals surface area contributed by atoms with E-state index in [2.05, 4.69) is 0 Å². The highest BCUT2D eigenvalue weighted by atomic mass is 32.1. The molecule has 3 rings (SSSR count). The second-order valence-corrected chi connectivity index (χ2v) is 5.08. The normalized spacial score (nSPS) is 13.4. The molecule has 2 nitrogen and oxygen atoms in total. The molecule has 1 aliphatic rings. The number of benzene rings is 1. The summed E-state index contributed by atoms with van der Waals surface area (Å²) in [5, 5.41) is 2.64. The summed E-state index contributed by atoms with van der Waals surface area (Å²) in [7, 11) is 0. The van der Waals surface area contributed by atoms with Crippen LogP contribution in [-0.2, 0) is 6.42 Å². The molecule has 2 aromatic rings. The van der Waals surface area contributed by atoms with Gasteiger partial charge in [0.15, 0.2) is 5.78 Å². The second-order valence-electron chi connectivity index (χ2n) is 4.17. The maximum atomic E-state index is 12.3. The molecule has 1 aliphatic carbocycles. The van der Waals surface area contributed by atoms with Crippen molar-refractivity contribution in [1.82, 2.24) is 0 Å². The Morgan fingerprint density at radius 3 is 2.94 bits per heavy atom. The highest BCUT2D eigenvalue weighted by Crippen LogP contribution is 2.34. The fourth-order valence-electron chi connectivity index (χ4n) is 2.19. The van der Waals surface area contributed by atoms with Crippen LogP contribution >= 0.6 is 11.3 Å². The van der Waals surface area contributed by atoms with E-state index >= 15 is 0 Å². The van der Waals surface area contributed by atoms with E-state index in [0.717, 1.165) is 34.2 Å². The van der Waals surface area contributed by atoms with Gasteiger partial charge in [-0.1, -0.05) is 17.7 Å². The van der Waals surface area contributed by atoms with E-state index in [-0.39, 0.29) is 5.78 Å². The number of anilines is 1. The first-order valence-electron chi connectivity index (χ1n) is 5.17. The SMILES string of the molecule is Cc1ccc2c(c1)C(=O)c1c(csc1N)C2. The molecule has 1 aromatic carbocycles. The Hall–Kier alpha value is -1.61. The van der Waals surface area contributed by atoms with Crippen LogP contribution in [0.15, 0.2) is 23.6 Å². The van der Waals surface area contributed by atoms with Crippen LogP contribution < -0.4 is 5.73 Å². The highest BCUT2D eigenvalue weighted by Gasteiger charge is 2.26. The topological polar surface area (TPSA) is 43.1 Å². The molecular formula is C13H11NOS. The fourth-order valence-corrected chi connectivity index (χ4v) is 3.01. The van der Waals surface area contributed by atoms with Gasteiger partial charge in [-0.05, 0) is 35.9 Å². The Morgan fingerprint density at radius 1 is 1.31 bits per heavy atom. The molecule has 0 amide bonds. The van der Waals surface area contributed by atoms with Gasteiger partial charge in [-0.25, -0.2) is 0 Å². The zero-order valence-electron chi connectivity index (χ0n) is 8.91. The second kappa shape index (κ2) is 3.19. The molecule has 1 heterocycles. The van der Waals surface area contributed by atoms with Crippen molar-refractivity contribution in [1.29, 1.82) is 0 Å². The monoisotopic (exact) mass is 229 g/mol. The van der Waals surface area contributed by atoms with Crippen molar-refractivity contribution in [3.63, 3.8) is 0 Å². The quantitative estimate of drug-likeness (QED) is 0.644. The van der Waals surface area contributed by atoms with Crippen LogP contribution in [0.4, 0.5) is 5.00 Å². The Kier molecular flexibility index (Phi) is 1.91. The number of nitrogen functional groups attached to an aromatic ring is 1. The van der Waals surface area contributed by atoms with Crippen LogP contribution in [-0.4, -0.2) is 5.78 Å². The third-order valence-electron chi connectivity index (χ3n) is 3.01. The molecule has 2 N–H and O–H groups in total. The summed E-state index contributed by atoms with van der Waals surface area (Å²) in [5.41, 5.74) is 10.7. The van der Waals surface area contributed by atoms with Crippen molar-refractivity contribution < 1.29 is 4.79 Å². The van der Waals surface area contributed by atoms with Crippen molar-refractivity contribution in [2.24, 2.45) is 0 Å². The van der Waals surface area contributed by atoms with Gasteiger partial charge in [0, 0.05) is 5.56 Å². The largest absolute Gasteiger partial charge is 0.390 e. The molecule has 1 aromatic heterocycles. The first-order valence-corrected chi connectivity index (χ1v) is 6.05. The molecule has 3 heteroatoms. The summed E-state index contributed by atoms with van der Waals surface area (Å²) < 4.78 is 0. The third kappa shape index (κ3) is 1.21. The number of rotatable bonds is 0. The van der Waals surface area contributed by atoms with Crippen molar-refractivity contribution in [2.75, 3.05) is 5.73 Å². The molecule has 0 aliphatic heterocycles. The molecule has 0 saturated carbocycles. The lowest BCUT2D eigenvalue weighted by atomic mass is 9.86. The van der Waals surface area contributed by atoms with Crippen molar-refractivity contribution in [3.05, 3.63) is 51.4 Å². The smallest absolute Gasteiger partial charge is 0.196 e. The standard InChI is InChI=1S/C13H11NOS/c1-7-2-3-8-5-9-6-16-13(14)11(9)12(15)10(8)4-7/h2-4,6H,5,14H2,1H3. The molecule has 80 valence electrons. The number of hydrogen-bond donors (Lipinski definition) is 1. The molecule has 0 bridgehead atoms. The maximum Gasteiger partial charge on any atom is 0.196 e. The first kappa shape index (κ1) is 9.60. The Bertz CT molecular complexity index is 598. The minimum atomic E-state index is 0.0821. The molecule has 0 saturated heterocycles. The molecular weight excluding hydrogens is 218 g/mol. The summed E-state index contributed by atoms with van der Waals surface area (Å²) in [4.78, 5) is 12.3. The lowest BCUT2D eigenvalue weighted by Crippen LogP contribution is -2.14. The Labute approximate surface area is 97.7 Å². The Balaban J connectivity index is 2.24. The Morgan fingerprint density at radius 2 is 2.12 bits per heavy atom. The third-order valence-corrected chi connectivity index (χ3v) is 3.87. The number of nitrogens with two attached hydrogens (primary N) is 1. The van der Waals surface area contributed by atoms with Gasteiger partial charge in [-0.2, -0.15) is 0 Å². The number of fused-ring (bicyclic) bond motifs is 2. The van der Waals surface area contributed by atoms with Gasteiger partial charge >= 0.3 is 0 Å². The summed E-state index contributed by atoms with van der Waals surface area (Å²) >= 11 is 1.46. The van der Waals surface area contributed by atoms with Crippen molar-refractivity contribution >= 4 is 22.1 Å². The van der Waals surface area contributed by atoms with Gasteiger partial charge in [0.25, 0.3) is 0 Å². The average Bonchev–Trinajstić information content (AvgIpc) is 2.62. The molecule has 0 radical (unpaired) electrons. The number of hydrogen-bond acceptors (Lipinski definition) is 3. The van der Waals surface area contributed by atoms with Gasteiger partial charge in [0.2, 0.25) is 0 Å². The lowest BCUT2D eigenvalue weighted by molar-refractivity contribution is 0.103. The zero-order chi connectivity index (χ0) is 11.3. The molecule has 0 atom stereocenters. The fraction of sp³-hybridized carbons (Fsp3) is 0.154. The predicted octanol–water partition coefficient (Wildman–Crippen LogP) is 2.77. The predicted molar refractivity (Wildman–Crippen MR) is 66.1 cm³/mol. The molecule has 0 unspecified atom stereocenters. The van der Waals surface area contributed by atoms with Gasteiger partial charge < -0.3 is 5.73 Å². The van der Waals surface area contributed by atoms with E-state index in [1.54, 1.807) is 0 Å². The summed E-state index contributed by atoms with van der Waals surface area (Å²) in [6.45, 7) is 2.00. The number of carbonyl (C=O) groups excluding carboxylic acids is 1. The van der Waals surface area contributed by atoms with Gasteiger partial charge in [0.05, 0.1) is 10.6 Å². The molecule has 16 heavy (non-hydrogen) atoms.